The van der Waals surface area contributed by atoms with Gasteiger partial charge in [0.2, 0.25) is 0 Å². The molecular weight excluding hydrogens is 468 g/mol. The molecule has 0 aromatic heterocycles. The molecule has 2 rings (SSSR count). The second-order valence-electron chi connectivity index (χ2n) is 9.09. The van der Waals surface area contributed by atoms with Crippen molar-refractivity contribution in [2.45, 2.75) is 94.8 Å². The highest BCUT2D eigenvalue weighted by Crippen LogP contribution is 2.31. The molecule has 6 heteroatoms. The van der Waals surface area contributed by atoms with Crippen molar-refractivity contribution in [1.82, 2.24) is 5.32 Å². The van der Waals surface area contributed by atoms with Crippen LogP contribution in [0.4, 0.5) is 10.5 Å². The third kappa shape index (κ3) is 11.5. The Bertz CT molecular complexity index is 919. The van der Waals surface area contributed by atoms with Crippen LogP contribution in [-0.4, -0.2) is 31.7 Å². The van der Waals surface area contributed by atoms with Crippen molar-refractivity contribution in [1.29, 1.82) is 0 Å². The van der Waals surface area contributed by atoms with E-state index < -0.39 is 0 Å². The third-order valence-corrected chi connectivity index (χ3v) is 6.93. The molecule has 0 radical (unpaired) electrons. The van der Waals surface area contributed by atoms with Crippen LogP contribution in [0.2, 0.25) is 0 Å². The Balaban J connectivity index is 2.08. The minimum atomic E-state index is -0.211. The number of amides is 2. The Morgan fingerprint density at radius 2 is 1.50 bits per heavy atom. The van der Waals surface area contributed by atoms with Gasteiger partial charge in [0, 0.05) is 28.6 Å². The zero-order valence-corrected chi connectivity index (χ0v) is 23.2. The molecule has 0 aliphatic carbocycles. The molecule has 0 unspecified atom stereocenters. The first-order valence-electron chi connectivity index (χ1n) is 13.6. The molecule has 0 spiro atoms. The van der Waals surface area contributed by atoms with Gasteiger partial charge in [0.05, 0.1) is 13.0 Å². The molecule has 0 bridgehead atoms. The SMILES string of the molecule is CCCCCCCN(C(=O)NCCCCCC)c1cccc(Sc2cccc(CC(=O)OCC)c2)c1. The number of benzene rings is 2. The van der Waals surface area contributed by atoms with Gasteiger partial charge < -0.3 is 10.1 Å². The number of esters is 1. The molecule has 0 saturated carbocycles. The van der Waals surface area contributed by atoms with Crippen molar-refractivity contribution in [3.05, 3.63) is 54.1 Å². The third-order valence-electron chi connectivity index (χ3n) is 5.95. The summed E-state index contributed by atoms with van der Waals surface area (Å²) in [6.07, 6.45) is 10.6. The number of ether oxygens (including phenoxy) is 1. The number of unbranched alkanes of at least 4 members (excludes halogenated alkanes) is 7. The second-order valence-corrected chi connectivity index (χ2v) is 10.2. The number of carbonyl (C=O) groups excluding carboxylic acids is 2. The average molecular weight is 513 g/mol. The van der Waals surface area contributed by atoms with Gasteiger partial charge in [-0.15, -0.1) is 0 Å². The van der Waals surface area contributed by atoms with E-state index in [0.29, 0.717) is 19.7 Å². The van der Waals surface area contributed by atoms with E-state index >= 15 is 0 Å². The molecule has 0 aliphatic rings. The summed E-state index contributed by atoms with van der Waals surface area (Å²) >= 11 is 1.64. The molecule has 36 heavy (non-hydrogen) atoms. The number of hydrogen-bond donors (Lipinski definition) is 1. The Hall–Kier alpha value is -2.47. The van der Waals surface area contributed by atoms with Crippen LogP contribution in [0.5, 0.6) is 0 Å². The Morgan fingerprint density at radius 1 is 0.833 bits per heavy atom. The zero-order valence-electron chi connectivity index (χ0n) is 22.4. The molecule has 0 atom stereocenters. The lowest BCUT2D eigenvalue weighted by atomic mass is 10.1. The number of nitrogens with zero attached hydrogens (tertiary/aromatic N) is 1. The fourth-order valence-corrected chi connectivity index (χ4v) is 4.97. The summed E-state index contributed by atoms with van der Waals surface area (Å²) in [5.41, 5.74) is 1.86. The summed E-state index contributed by atoms with van der Waals surface area (Å²) in [5.74, 6) is -0.211. The summed E-state index contributed by atoms with van der Waals surface area (Å²) in [6.45, 7) is 8.05. The highest BCUT2D eigenvalue weighted by atomic mass is 32.2. The average Bonchev–Trinajstić information content (AvgIpc) is 2.86. The molecule has 198 valence electrons. The maximum atomic E-state index is 13.1. The summed E-state index contributed by atoms with van der Waals surface area (Å²) < 4.78 is 5.08. The van der Waals surface area contributed by atoms with Crippen LogP contribution in [0.1, 0.15) is 84.1 Å². The van der Waals surface area contributed by atoms with Gasteiger partial charge in [-0.25, -0.2) is 4.79 Å². The maximum absolute atomic E-state index is 13.1. The van der Waals surface area contributed by atoms with E-state index in [9.17, 15) is 9.59 Å². The van der Waals surface area contributed by atoms with Gasteiger partial charge in [0.25, 0.3) is 0 Å². The van der Waals surface area contributed by atoms with E-state index in [1.165, 1.54) is 32.1 Å². The van der Waals surface area contributed by atoms with E-state index in [1.807, 2.05) is 48.2 Å². The Kier molecular flexibility index (Phi) is 14.8. The number of nitrogens with one attached hydrogen (secondary N) is 1. The first-order valence-corrected chi connectivity index (χ1v) is 14.5. The molecule has 1 N–H and O–H groups in total. The fraction of sp³-hybridized carbons (Fsp3) is 0.533. The van der Waals surface area contributed by atoms with Gasteiger partial charge in [0.15, 0.2) is 0 Å². The minimum absolute atomic E-state index is 0.0134. The molecule has 0 heterocycles. The fourth-order valence-electron chi connectivity index (χ4n) is 4.01. The van der Waals surface area contributed by atoms with Gasteiger partial charge >= 0.3 is 12.0 Å². The predicted octanol–water partition coefficient (Wildman–Crippen LogP) is 8.01. The first kappa shape index (κ1) is 29.8. The lowest BCUT2D eigenvalue weighted by Crippen LogP contribution is -2.41. The molecule has 2 aromatic rings. The lowest BCUT2D eigenvalue weighted by molar-refractivity contribution is -0.142. The Labute approximate surface area is 222 Å². The molecule has 2 aromatic carbocycles. The Morgan fingerprint density at radius 3 is 2.22 bits per heavy atom. The number of rotatable bonds is 17. The molecule has 0 saturated heterocycles. The predicted molar refractivity (Wildman–Crippen MR) is 151 cm³/mol. The maximum Gasteiger partial charge on any atom is 0.321 e. The van der Waals surface area contributed by atoms with Gasteiger partial charge in [-0.1, -0.05) is 88.8 Å². The normalized spacial score (nSPS) is 10.8. The number of hydrogen-bond acceptors (Lipinski definition) is 4. The van der Waals surface area contributed by atoms with E-state index in [4.69, 9.17) is 4.74 Å². The molecule has 0 fully saturated rings. The highest BCUT2D eigenvalue weighted by molar-refractivity contribution is 7.99. The van der Waals surface area contributed by atoms with Crippen LogP contribution in [0, 0.1) is 0 Å². The number of carbonyl (C=O) groups is 2. The van der Waals surface area contributed by atoms with Crippen molar-refractivity contribution >= 4 is 29.4 Å². The quantitative estimate of drug-likeness (QED) is 0.172. The van der Waals surface area contributed by atoms with Crippen LogP contribution in [0.15, 0.2) is 58.3 Å². The van der Waals surface area contributed by atoms with Crippen LogP contribution in [0.25, 0.3) is 0 Å². The molecule has 5 nitrogen and oxygen atoms in total. The van der Waals surface area contributed by atoms with Crippen LogP contribution < -0.4 is 10.2 Å². The number of anilines is 1. The van der Waals surface area contributed by atoms with E-state index in [-0.39, 0.29) is 18.4 Å². The molecular formula is C30H44N2O3S. The smallest absolute Gasteiger partial charge is 0.321 e. The van der Waals surface area contributed by atoms with Gasteiger partial charge in [0.1, 0.15) is 0 Å². The number of urea groups is 1. The van der Waals surface area contributed by atoms with Gasteiger partial charge in [-0.3, -0.25) is 9.69 Å². The van der Waals surface area contributed by atoms with Crippen molar-refractivity contribution in [3.8, 4) is 0 Å². The van der Waals surface area contributed by atoms with Gasteiger partial charge in [-0.2, -0.15) is 0 Å². The van der Waals surface area contributed by atoms with Crippen molar-refractivity contribution < 1.29 is 14.3 Å². The second kappa shape index (κ2) is 17.9. The standard InChI is InChI=1S/C30H44N2O3S/c1-4-7-9-11-13-21-32(30(34)31-20-12-10-8-5-2)26-17-15-19-28(24-26)36-27-18-14-16-25(22-27)23-29(33)35-6-3/h14-19,22,24H,4-13,20-21,23H2,1-3H3,(H,31,34). The molecule has 2 amide bonds. The lowest BCUT2D eigenvalue weighted by Gasteiger charge is -2.24. The first-order chi connectivity index (χ1) is 17.6. The zero-order chi connectivity index (χ0) is 26.0. The highest BCUT2D eigenvalue weighted by Gasteiger charge is 2.16. The molecule has 0 aliphatic heterocycles. The van der Waals surface area contributed by atoms with E-state index in [2.05, 4.69) is 31.3 Å². The van der Waals surface area contributed by atoms with E-state index in [0.717, 1.165) is 46.7 Å². The van der Waals surface area contributed by atoms with Gasteiger partial charge in [-0.05, 0) is 55.7 Å². The monoisotopic (exact) mass is 512 g/mol. The van der Waals surface area contributed by atoms with Crippen LogP contribution in [0.3, 0.4) is 0 Å². The van der Waals surface area contributed by atoms with Crippen LogP contribution in [-0.2, 0) is 16.0 Å². The van der Waals surface area contributed by atoms with E-state index in [1.54, 1.807) is 11.8 Å². The van der Waals surface area contributed by atoms with Crippen molar-refractivity contribution in [3.63, 3.8) is 0 Å². The van der Waals surface area contributed by atoms with Crippen molar-refractivity contribution in [2.24, 2.45) is 0 Å². The minimum Gasteiger partial charge on any atom is -0.466 e. The van der Waals surface area contributed by atoms with Crippen molar-refractivity contribution in [2.75, 3.05) is 24.6 Å². The topological polar surface area (TPSA) is 58.6 Å². The largest absolute Gasteiger partial charge is 0.466 e. The summed E-state index contributed by atoms with van der Waals surface area (Å²) in [5, 5.41) is 3.13. The summed E-state index contributed by atoms with van der Waals surface area (Å²) in [4.78, 5) is 29.0. The summed E-state index contributed by atoms with van der Waals surface area (Å²) in [6, 6.07) is 16.2. The summed E-state index contributed by atoms with van der Waals surface area (Å²) in [7, 11) is 0. The van der Waals surface area contributed by atoms with Crippen LogP contribution >= 0.6 is 11.8 Å².